The summed E-state index contributed by atoms with van der Waals surface area (Å²) in [7, 11) is 0. The Balaban J connectivity index is 2.51. The highest BCUT2D eigenvalue weighted by molar-refractivity contribution is 6.34. The molecule has 0 spiro atoms. The van der Waals surface area contributed by atoms with E-state index in [0.29, 0.717) is 16.5 Å². The summed E-state index contributed by atoms with van der Waals surface area (Å²) in [6, 6.07) is 0. The second-order valence-electron chi connectivity index (χ2n) is 4.02. The highest BCUT2D eigenvalue weighted by Crippen LogP contribution is 2.29. The molecule has 96 valence electrons. The summed E-state index contributed by atoms with van der Waals surface area (Å²) in [6.07, 6.45) is 6.35. The zero-order valence-electron chi connectivity index (χ0n) is 10.3. The molecule has 1 rings (SSSR count). The van der Waals surface area contributed by atoms with Crippen LogP contribution in [0.2, 0.25) is 5.02 Å². The molecule has 1 atom stereocenters. The molecular formula is C12H19Cl2N3. The lowest BCUT2D eigenvalue weighted by atomic mass is 10.2. The minimum Gasteiger partial charge on any atom is -0.369 e. The Hall–Kier alpha value is -0.540. The molecule has 1 heterocycles. The number of hydrogen-bond acceptors (Lipinski definition) is 3. The van der Waals surface area contributed by atoms with Crippen molar-refractivity contribution in [3.8, 4) is 0 Å². The molecule has 0 aliphatic carbocycles. The summed E-state index contributed by atoms with van der Waals surface area (Å²) >= 11 is 12.2. The van der Waals surface area contributed by atoms with Gasteiger partial charge in [0.1, 0.15) is 17.2 Å². The van der Waals surface area contributed by atoms with Gasteiger partial charge < -0.3 is 5.32 Å². The number of anilines is 1. The van der Waals surface area contributed by atoms with Crippen LogP contribution in [0.5, 0.6) is 0 Å². The first-order chi connectivity index (χ1) is 8.16. The number of rotatable bonds is 7. The number of nitrogens with one attached hydrogen (secondary N) is 1. The van der Waals surface area contributed by atoms with Crippen molar-refractivity contribution in [2.75, 3.05) is 11.9 Å². The molecule has 0 aliphatic rings. The van der Waals surface area contributed by atoms with E-state index in [2.05, 4.69) is 22.2 Å². The summed E-state index contributed by atoms with van der Waals surface area (Å²) < 4.78 is 0. The minimum atomic E-state index is -0.203. The lowest BCUT2D eigenvalue weighted by Crippen LogP contribution is -2.06. The van der Waals surface area contributed by atoms with Crippen molar-refractivity contribution in [1.29, 1.82) is 0 Å². The Bertz CT molecular complexity index is 343. The summed E-state index contributed by atoms with van der Waals surface area (Å²) in [5.74, 6) is 0.681. The SMILES string of the molecule is CCCCCCNc1ncnc(C(C)Cl)c1Cl. The molecule has 0 bridgehead atoms. The van der Waals surface area contributed by atoms with E-state index in [-0.39, 0.29) is 5.38 Å². The maximum atomic E-state index is 6.17. The molecule has 0 saturated heterocycles. The molecule has 0 aliphatic heterocycles. The van der Waals surface area contributed by atoms with Crippen LogP contribution in [-0.4, -0.2) is 16.5 Å². The van der Waals surface area contributed by atoms with E-state index in [4.69, 9.17) is 23.2 Å². The first kappa shape index (κ1) is 14.5. The molecule has 0 amide bonds. The van der Waals surface area contributed by atoms with Crippen molar-refractivity contribution in [3.05, 3.63) is 17.0 Å². The second kappa shape index (κ2) is 7.72. The fourth-order valence-electron chi connectivity index (χ4n) is 1.54. The third kappa shape index (κ3) is 4.68. The number of nitrogens with zero attached hydrogens (tertiary/aromatic N) is 2. The quantitative estimate of drug-likeness (QED) is 0.591. The van der Waals surface area contributed by atoms with Gasteiger partial charge in [0.25, 0.3) is 0 Å². The lowest BCUT2D eigenvalue weighted by Gasteiger charge is -2.10. The maximum Gasteiger partial charge on any atom is 0.148 e. The third-order valence-electron chi connectivity index (χ3n) is 2.52. The Morgan fingerprint density at radius 3 is 2.71 bits per heavy atom. The van der Waals surface area contributed by atoms with Crippen molar-refractivity contribution >= 4 is 29.0 Å². The standard InChI is InChI=1S/C12H19Cl2N3/c1-3-4-5-6-7-15-12-10(14)11(9(2)13)16-8-17-12/h8-9H,3-7H2,1-2H3,(H,15,16,17). The second-order valence-corrected chi connectivity index (χ2v) is 5.06. The monoisotopic (exact) mass is 275 g/mol. The van der Waals surface area contributed by atoms with Crippen molar-refractivity contribution in [3.63, 3.8) is 0 Å². The first-order valence-corrected chi connectivity index (χ1v) is 6.86. The molecule has 1 aromatic heterocycles. The number of halogens is 2. The van der Waals surface area contributed by atoms with E-state index in [1.54, 1.807) is 0 Å². The average Bonchev–Trinajstić information content (AvgIpc) is 2.30. The summed E-state index contributed by atoms with van der Waals surface area (Å²) in [6.45, 7) is 4.93. The highest BCUT2D eigenvalue weighted by Gasteiger charge is 2.12. The van der Waals surface area contributed by atoms with Gasteiger partial charge in [0.05, 0.1) is 11.1 Å². The number of aromatic nitrogens is 2. The molecular weight excluding hydrogens is 257 g/mol. The van der Waals surface area contributed by atoms with Gasteiger partial charge in [-0.2, -0.15) is 0 Å². The molecule has 5 heteroatoms. The van der Waals surface area contributed by atoms with Crippen LogP contribution in [0.1, 0.15) is 50.6 Å². The molecule has 0 radical (unpaired) electrons. The molecule has 0 fully saturated rings. The fraction of sp³-hybridized carbons (Fsp3) is 0.667. The van der Waals surface area contributed by atoms with Crippen LogP contribution in [0, 0.1) is 0 Å². The van der Waals surface area contributed by atoms with Gasteiger partial charge in [0.15, 0.2) is 0 Å². The van der Waals surface area contributed by atoms with Gasteiger partial charge in [-0.1, -0.05) is 37.8 Å². The van der Waals surface area contributed by atoms with Crippen LogP contribution in [0.4, 0.5) is 5.82 Å². The van der Waals surface area contributed by atoms with Crippen LogP contribution < -0.4 is 5.32 Å². The Morgan fingerprint density at radius 2 is 2.06 bits per heavy atom. The average molecular weight is 276 g/mol. The van der Waals surface area contributed by atoms with E-state index in [9.17, 15) is 0 Å². The van der Waals surface area contributed by atoms with Crippen molar-refractivity contribution < 1.29 is 0 Å². The lowest BCUT2D eigenvalue weighted by molar-refractivity contribution is 0.684. The van der Waals surface area contributed by atoms with E-state index in [1.165, 1.54) is 25.6 Å². The minimum absolute atomic E-state index is 0.203. The molecule has 17 heavy (non-hydrogen) atoms. The van der Waals surface area contributed by atoms with Crippen molar-refractivity contribution in [2.24, 2.45) is 0 Å². The van der Waals surface area contributed by atoms with Crippen LogP contribution in [0.25, 0.3) is 0 Å². The molecule has 0 saturated carbocycles. The fourth-order valence-corrected chi connectivity index (χ4v) is 2.09. The van der Waals surface area contributed by atoms with Crippen LogP contribution in [-0.2, 0) is 0 Å². The van der Waals surface area contributed by atoms with Gasteiger partial charge in [0, 0.05) is 6.54 Å². The van der Waals surface area contributed by atoms with E-state index >= 15 is 0 Å². The van der Waals surface area contributed by atoms with E-state index in [1.807, 2.05) is 6.92 Å². The Labute approximate surface area is 113 Å². The van der Waals surface area contributed by atoms with Gasteiger partial charge in [-0.25, -0.2) is 9.97 Å². The molecule has 0 aromatic carbocycles. The molecule has 3 nitrogen and oxygen atoms in total. The number of hydrogen-bond donors (Lipinski definition) is 1. The van der Waals surface area contributed by atoms with Crippen molar-refractivity contribution in [2.45, 2.75) is 44.9 Å². The Morgan fingerprint density at radius 1 is 1.29 bits per heavy atom. The predicted molar refractivity (Wildman–Crippen MR) is 73.9 cm³/mol. The highest BCUT2D eigenvalue weighted by atomic mass is 35.5. The summed E-state index contributed by atoms with van der Waals surface area (Å²) in [5.41, 5.74) is 0.680. The topological polar surface area (TPSA) is 37.8 Å². The molecule has 1 N–H and O–H groups in total. The van der Waals surface area contributed by atoms with Gasteiger partial charge in [-0.05, 0) is 13.3 Å². The van der Waals surface area contributed by atoms with Gasteiger partial charge >= 0.3 is 0 Å². The number of unbranched alkanes of at least 4 members (excludes halogenated alkanes) is 3. The summed E-state index contributed by atoms with van der Waals surface area (Å²) in [5, 5.41) is 3.56. The summed E-state index contributed by atoms with van der Waals surface area (Å²) in [4.78, 5) is 8.21. The normalized spacial score (nSPS) is 12.5. The largest absolute Gasteiger partial charge is 0.369 e. The van der Waals surface area contributed by atoms with Crippen LogP contribution >= 0.6 is 23.2 Å². The van der Waals surface area contributed by atoms with E-state index < -0.39 is 0 Å². The zero-order chi connectivity index (χ0) is 12.7. The molecule has 1 aromatic rings. The van der Waals surface area contributed by atoms with Gasteiger partial charge in [-0.15, -0.1) is 11.6 Å². The smallest absolute Gasteiger partial charge is 0.148 e. The maximum absolute atomic E-state index is 6.17. The third-order valence-corrected chi connectivity index (χ3v) is 3.10. The zero-order valence-corrected chi connectivity index (χ0v) is 11.9. The predicted octanol–water partition coefficient (Wildman–Crippen LogP) is 4.42. The first-order valence-electron chi connectivity index (χ1n) is 6.05. The molecule has 1 unspecified atom stereocenters. The van der Waals surface area contributed by atoms with Crippen LogP contribution in [0.3, 0.4) is 0 Å². The Kier molecular flexibility index (Phi) is 6.60. The van der Waals surface area contributed by atoms with Gasteiger partial charge in [-0.3, -0.25) is 0 Å². The van der Waals surface area contributed by atoms with Crippen LogP contribution in [0.15, 0.2) is 6.33 Å². The number of alkyl halides is 1. The van der Waals surface area contributed by atoms with Gasteiger partial charge in [0.2, 0.25) is 0 Å². The van der Waals surface area contributed by atoms with Crippen molar-refractivity contribution in [1.82, 2.24) is 9.97 Å². The van der Waals surface area contributed by atoms with E-state index in [0.717, 1.165) is 13.0 Å².